The maximum absolute atomic E-state index is 13.0. The molecule has 0 aliphatic carbocycles. The zero-order valence-electron chi connectivity index (χ0n) is 45.2. The van der Waals surface area contributed by atoms with Crippen LogP contribution in [0.2, 0.25) is 0 Å². The third-order valence-corrected chi connectivity index (χ3v) is 14.1. The number of phosphoric acid groups is 1. The summed E-state index contributed by atoms with van der Waals surface area (Å²) in [6.45, 7) is 4.82. The Hall–Kier alpha value is -1.28. The van der Waals surface area contributed by atoms with E-state index < -0.39 is 20.0 Å². The summed E-state index contributed by atoms with van der Waals surface area (Å²) in [7, 11) is 1.58. The Labute approximate surface area is 417 Å². The van der Waals surface area contributed by atoms with Crippen molar-refractivity contribution in [3.8, 4) is 0 Å². The Bertz CT molecular complexity index is 1190. The van der Waals surface area contributed by atoms with Gasteiger partial charge in [-0.25, -0.2) is 4.57 Å². The summed E-state index contributed by atoms with van der Waals surface area (Å²) in [6, 6.07) is -0.849. The number of carbonyl (C=O) groups is 1. The molecule has 3 atom stereocenters. The first-order valence-electron chi connectivity index (χ1n) is 28.9. The fraction of sp³-hybridized carbons (Fsp3) is 0.879. The van der Waals surface area contributed by atoms with Crippen molar-refractivity contribution in [2.75, 3.05) is 40.9 Å². The van der Waals surface area contributed by atoms with Crippen molar-refractivity contribution >= 4 is 13.7 Å². The Morgan fingerprint density at radius 2 is 0.851 bits per heavy atom. The summed E-state index contributed by atoms with van der Waals surface area (Å²) in [4.78, 5) is 23.3. The van der Waals surface area contributed by atoms with E-state index in [0.717, 1.165) is 44.9 Å². The van der Waals surface area contributed by atoms with Crippen LogP contribution in [0.4, 0.5) is 0 Å². The van der Waals surface area contributed by atoms with E-state index >= 15 is 0 Å². The van der Waals surface area contributed by atoms with Crippen LogP contribution in [-0.2, 0) is 18.4 Å². The second kappa shape index (κ2) is 49.7. The number of aliphatic hydroxyl groups is 1. The van der Waals surface area contributed by atoms with Gasteiger partial charge in [-0.05, 0) is 51.4 Å². The number of hydrogen-bond acceptors (Lipinski definition) is 5. The number of quaternary nitrogens is 1. The molecule has 0 bridgehead atoms. The molecule has 396 valence electrons. The highest BCUT2D eigenvalue weighted by molar-refractivity contribution is 7.47. The van der Waals surface area contributed by atoms with Crippen molar-refractivity contribution in [1.29, 1.82) is 0 Å². The largest absolute Gasteiger partial charge is 0.472 e. The number of rotatable bonds is 53. The SMILES string of the molecule is CCCCC/C=C\C/C=C\CCCCCCCCCCCC(=O)NC(COP(=O)(O)OCC[N+](C)(C)C)C(O)/C=C/CCCCCCCCCCCCCCCCCCCCCCCCCC. The van der Waals surface area contributed by atoms with Gasteiger partial charge in [0.15, 0.2) is 0 Å². The molecule has 0 aromatic heterocycles. The first kappa shape index (κ1) is 65.7. The molecule has 1 amide bonds. The fourth-order valence-corrected chi connectivity index (χ4v) is 9.28. The number of nitrogens with one attached hydrogen (secondary N) is 1. The maximum atomic E-state index is 13.0. The lowest BCUT2D eigenvalue weighted by molar-refractivity contribution is -0.870. The topological polar surface area (TPSA) is 105 Å². The van der Waals surface area contributed by atoms with Crippen molar-refractivity contribution in [2.45, 2.75) is 289 Å². The molecule has 0 saturated carbocycles. The number of unbranched alkanes of at least 4 members (excludes halogenated alkanes) is 36. The Kier molecular flexibility index (Phi) is 48.7. The van der Waals surface area contributed by atoms with Crippen LogP contribution in [0.25, 0.3) is 0 Å². The quantitative estimate of drug-likeness (QED) is 0.0243. The van der Waals surface area contributed by atoms with E-state index in [1.807, 2.05) is 27.2 Å². The lowest BCUT2D eigenvalue weighted by Crippen LogP contribution is -2.45. The van der Waals surface area contributed by atoms with E-state index in [2.05, 4.69) is 43.5 Å². The molecule has 0 saturated heterocycles. The number of nitrogens with zero attached hydrogens (tertiary/aromatic N) is 1. The minimum Gasteiger partial charge on any atom is -0.387 e. The van der Waals surface area contributed by atoms with Crippen LogP contribution in [0.3, 0.4) is 0 Å². The molecule has 0 aliphatic rings. The molecule has 8 nitrogen and oxygen atoms in total. The van der Waals surface area contributed by atoms with Crippen LogP contribution in [0, 0.1) is 0 Å². The number of likely N-dealkylation sites (N-methyl/N-ethyl adjacent to an activating group) is 1. The Balaban J connectivity index is 4.20. The lowest BCUT2D eigenvalue weighted by Gasteiger charge is -2.25. The number of amides is 1. The van der Waals surface area contributed by atoms with Gasteiger partial charge in [-0.2, -0.15) is 0 Å². The summed E-state index contributed by atoms with van der Waals surface area (Å²) in [6.07, 6.45) is 63.8. The van der Waals surface area contributed by atoms with Crippen molar-refractivity contribution in [2.24, 2.45) is 0 Å². The van der Waals surface area contributed by atoms with Gasteiger partial charge < -0.3 is 19.8 Å². The highest BCUT2D eigenvalue weighted by Crippen LogP contribution is 2.43. The molecule has 3 unspecified atom stereocenters. The predicted octanol–water partition coefficient (Wildman–Crippen LogP) is 17.4. The van der Waals surface area contributed by atoms with Crippen LogP contribution in [0.15, 0.2) is 36.5 Å². The summed E-state index contributed by atoms with van der Waals surface area (Å²) < 4.78 is 23.7. The molecule has 0 rings (SSSR count). The molecule has 9 heteroatoms. The third kappa shape index (κ3) is 52.4. The highest BCUT2D eigenvalue weighted by atomic mass is 31.2. The van der Waals surface area contributed by atoms with Crippen LogP contribution < -0.4 is 5.32 Å². The van der Waals surface area contributed by atoms with Gasteiger partial charge in [0.05, 0.1) is 39.9 Å². The normalized spacial score (nSPS) is 14.2. The molecule has 0 aliphatic heterocycles. The van der Waals surface area contributed by atoms with E-state index in [1.54, 1.807) is 6.08 Å². The van der Waals surface area contributed by atoms with E-state index in [1.165, 1.54) is 212 Å². The van der Waals surface area contributed by atoms with E-state index in [-0.39, 0.29) is 19.1 Å². The molecule has 0 heterocycles. The third-order valence-electron chi connectivity index (χ3n) is 13.1. The van der Waals surface area contributed by atoms with Crippen LogP contribution in [0.5, 0.6) is 0 Å². The van der Waals surface area contributed by atoms with E-state index in [9.17, 15) is 19.4 Å². The van der Waals surface area contributed by atoms with Gasteiger partial charge in [0.25, 0.3) is 0 Å². The predicted molar refractivity (Wildman–Crippen MR) is 291 cm³/mol. The summed E-state index contributed by atoms with van der Waals surface area (Å²) >= 11 is 0. The summed E-state index contributed by atoms with van der Waals surface area (Å²) in [5.41, 5.74) is 0. The van der Waals surface area contributed by atoms with Gasteiger partial charge in [-0.1, -0.05) is 256 Å². The average molecular weight is 967 g/mol. The smallest absolute Gasteiger partial charge is 0.387 e. The number of aliphatic hydroxyl groups excluding tert-OH is 1. The van der Waals surface area contributed by atoms with Crippen molar-refractivity contribution in [3.05, 3.63) is 36.5 Å². The zero-order valence-corrected chi connectivity index (χ0v) is 46.0. The monoisotopic (exact) mass is 966 g/mol. The van der Waals surface area contributed by atoms with Gasteiger partial charge in [0.2, 0.25) is 5.91 Å². The average Bonchev–Trinajstić information content (AvgIpc) is 3.29. The molecule has 67 heavy (non-hydrogen) atoms. The zero-order chi connectivity index (χ0) is 49.2. The lowest BCUT2D eigenvalue weighted by atomic mass is 10.0. The number of allylic oxidation sites excluding steroid dienone is 5. The molecule has 0 aromatic rings. The fourth-order valence-electron chi connectivity index (χ4n) is 8.54. The molecular weight excluding hydrogens is 852 g/mol. The first-order valence-corrected chi connectivity index (χ1v) is 30.4. The summed E-state index contributed by atoms with van der Waals surface area (Å²) in [5, 5.41) is 13.9. The Morgan fingerprint density at radius 3 is 1.25 bits per heavy atom. The molecular formula is C58H114N2O6P+. The van der Waals surface area contributed by atoms with E-state index in [4.69, 9.17) is 9.05 Å². The number of hydrogen-bond donors (Lipinski definition) is 3. The molecule has 0 spiro atoms. The van der Waals surface area contributed by atoms with Crippen molar-refractivity contribution in [1.82, 2.24) is 5.32 Å². The summed E-state index contributed by atoms with van der Waals surface area (Å²) in [5.74, 6) is -0.179. The van der Waals surface area contributed by atoms with Crippen molar-refractivity contribution < 1.29 is 32.9 Å². The van der Waals surface area contributed by atoms with Gasteiger partial charge in [-0.15, -0.1) is 0 Å². The number of carbonyl (C=O) groups excluding carboxylic acids is 1. The Morgan fingerprint density at radius 1 is 0.507 bits per heavy atom. The molecule has 3 N–H and O–H groups in total. The van der Waals surface area contributed by atoms with E-state index in [0.29, 0.717) is 17.4 Å². The molecule has 0 fully saturated rings. The maximum Gasteiger partial charge on any atom is 0.472 e. The van der Waals surface area contributed by atoms with Crippen LogP contribution >= 0.6 is 7.82 Å². The van der Waals surface area contributed by atoms with Crippen LogP contribution in [0.1, 0.15) is 277 Å². The second-order valence-electron chi connectivity index (χ2n) is 21.0. The van der Waals surface area contributed by atoms with Crippen LogP contribution in [-0.4, -0.2) is 73.4 Å². The van der Waals surface area contributed by atoms with Gasteiger partial charge >= 0.3 is 7.82 Å². The minimum absolute atomic E-state index is 0.0610. The number of phosphoric ester groups is 1. The molecule has 0 aromatic carbocycles. The minimum atomic E-state index is -4.35. The standard InChI is InChI=1S/C58H113N2O6P/c1-6-8-10-12-14-16-18-20-22-24-26-27-28-29-30-31-32-34-35-37-39-41-43-45-47-49-51-57(61)56(55-66-67(63,64)65-54-53-60(3,4)5)59-58(62)52-50-48-46-44-42-40-38-36-33-25-23-21-19-17-15-13-11-9-7-2/h15,17,21,23,49,51,56-57,61H,6-14,16,18-20,22,24-48,50,52-55H2,1-5H3,(H-,59,62,63,64)/p+1/b17-15-,23-21-,51-49+. The second-order valence-corrected chi connectivity index (χ2v) is 22.5. The first-order chi connectivity index (χ1) is 32.5. The van der Waals surface area contributed by atoms with Gasteiger partial charge in [0, 0.05) is 6.42 Å². The van der Waals surface area contributed by atoms with Gasteiger partial charge in [-0.3, -0.25) is 13.8 Å². The van der Waals surface area contributed by atoms with Gasteiger partial charge in [0.1, 0.15) is 13.2 Å². The van der Waals surface area contributed by atoms with Crippen molar-refractivity contribution in [3.63, 3.8) is 0 Å². The molecule has 0 radical (unpaired) electrons. The highest BCUT2D eigenvalue weighted by Gasteiger charge is 2.27.